The Balaban J connectivity index is 1.39. The Morgan fingerprint density at radius 3 is 2.50 bits per heavy atom. The van der Waals surface area contributed by atoms with E-state index in [4.69, 9.17) is 15.5 Å². The Labute approximate surface area is 250 Å². The summed E-state index contributed by atoms with van der Waals surface area (Å²) in [5.74, 6) is -1.09. The molecule has 3 N–H and O–H groups in total. The van der Waals surface area contributed by atoms with Crippen LogP contribution >= 0.6 is 23.1 Å². The number of nitrogens with one attached hydrogen (secondary N) is 1. The normalized spacial score (nSPS) is 11.2. The summed E-state index contributed by atoms with van der Waals surface area (Å²) in [6, 6.07) is 19.8. The van der Waals surface area contributed by atoms with Crippen molar-refractivity contribution in [3.05, 3.63) is 76.7 Å². The largest absolute Gasteiger partial charge is 0.459 e. The Kier molecular flexibility index (Phi) is 8.36. The molecule has 2 amide bonds. The molecule has 0 radical (unpaired) electrons. The standard InChI is InChI=1S/C30H28N6O4S2/c1-16(2)40-29(39)24-17(3)25(26(31)38)42-28(24)33-23(37)15-41-30-35-34-27(36(30)4)20-14-22(18-10-6-5-7-11-18)32-21-13-9-8-12-19(20)21/h5-14,16H,15H2,1-4H3,(H2,31,38)(H,33,37). The lowest BCUT2D eigenvalue weighted by molar-refractivity contribution is -0.113. The van der Waals surface area contributed by atoms with Crippen LogP contribution in [0.3, 0.4) is 0 Å². The summed E-state index contributed by atoms with van der Waals surface area (Å²) in [6.45, 7) is 5.04. The number of hydrogen-bond donors (Lipinski definition) is 2. The molecule has 42 heavy (non-hydrogen) atoms. The van der Waals surface area contributed by atoms with E-state index in [0.29, 0.717) is 16.5 Å². The number of thiophene rings is 1. The van der Waals surface area contributed by atoms with E-state index < -0.39 is 11.9 Å². The zero-order chi connectivity index (χ0) is 30.0. The van der Waals surface area contributed by atoms with E-state index in [-0.39, 0.29) is 33.2 Å². The third-order valence-corrected chi connectivity index (χ3v) is 8.61. The van der Waals surface area contributed by atoms with Gasteiger partial charge in [-0.05, 0) is 38.5 Å². The number of thioether (sulfide) groups is 1. The minimum absolute atomic E-state index is 0.0140. The Hall–Kier alpha value is -4.55. The molecule has 12 heteroatoms. The number of nitrogens with zero attached hydrogens (tertiary/aromatic N) is 4. The van der Waals surface area contributed by atoms with Gasteiger partial charge < -0.3 is 20.4 Å². The molecule has 0 spiro atoms. The van der Waals surface area contributed by atoms with E-state index in [1.807, 2.05) is 72.3 Å². The molecule has 0 atom stereocenters. The fourth-order valence-corrected chi connectivity index (χ4v) is 6.21. The number of benzene rings is 2. The summed E-state index contributed by atoms with van der Waals surface area (Å²) in [7, 11) is 1.84. The van der Waals surface area contributed by atoms with Gasteiger partial charge in [0.05, 0.1) is 33.5 Å². The fraction of sp³-hybridized carbons (Fsp3) is 0.200. The van der Waals surface area contributed by atoms with Crippen molar-refractivity contribution in [3.8, 4) is 22.6 Å². The molecule has 3 heterocycles. The van der Waals surface area contributed by atoms with Gasteiger partial charge in [0.25, 0.3) is 5.91 Å². The average Bonchev–Trinajstić information content (AvgIpc) is 3.50. The molecule has 0 saturated carbocycles. The molecule has 0 aliphatic carbocycles. The van der Waals surface area contributed by atoms with Crippen molar-refractivity contribution in [2.24, 2.45) is 12.8 Å². The molecule has 2 aromatic carbocycles. The molecule has 5 rings (SSSR count). The first-order valence-electron chi connectivity index (χ1n) is 13.1. The maximum atomic E-state index is 13.0. The molecule has 0 aliphatic heterocycles. The van der Waals surface area contributed by atoms with Gasteiger partial charge >= 0.3 is 5.97 Å². The van der Waals surface area contributed by atoms with Crippen LogP contribution in [0.2, 0.25) is 0 Å². The number of rotatable bonds is 9. The van der Waals surface area contributed by atoms with Crippen LogP contribution in [-0.2, 0) is 16.6 Å². The Morgan fingerprint density at radius 1 is 1.07 bits per heavy atom. The third kappa shape index (κ3) is 5.90. The first kappa shape index (κ1) is 29.0. The third-order valence-electron chi connectivity index (χ3n) is 6.36. The number of para-hydroxylation sites is 1. The van der Waals surface area contributed by atoms with Gasteiger partial charge in [0.1, 0.15) is 5.00 Å². The maximum absolute atomic E-state index is 13.0. The van der Waals surface area contributed by atoms with Gasteiger partial charge in [-0.25, -0.2) is 9.78 Å². The van der Waals surface area contributed by atoms with Crippen molar-refractivity contribution in [3.63, 3.8) is 0 Å². The number of ether oxygens (including phenoxy) is 1. The first-order valence-corrected chi connectivity index (χ1v) is 14.9. The number of carbonyl (C=O) groups is 3. The molecule has 3 aromatic heterocycles. The molecule has 0 aliphatic rings. The van der Waals surface area contributed by atoms with Crippen molar-refractivity contribution in [1.82, 2.24) is 19.7 Å². The lowest BCUT2D eigenvalue weighted by Gasteiger charge is -2.11. The smallest absolute Gasteiger partial charge is 0.341 e. The van der Waals surface area contributed by atoms with E-state index in [0.717, 1.165) is 39.1 Å². The number of anilines is 1. The van der Waals surface area contributed by atoms with Crippen LogP contribution in [0.15, 0.2) is 65.8 Å². The van der Waals surface area contributed by atoms with Crippen molar-refractivity contribution < 1.29 is 19.1 Å². The van der Waals surface area contributed by atoms with Crippen LogP contribution in [0, 0.1) is 6.92 Å². The van der Waals surface area contributed by atoms with E-state index >= 15 is 0 Å². The van der Waals surface area contributed by atoms with Crippen molar-refractivity contribution in [2.75, 3.05) is 11.1 Å². The molecule has 214 valence electrons. The van der Waals surface area contributed by atoms with E-state index in [2.05, 4.69) is 15.5 Å². The van der Waals surface area contributed by atoms with Gasteiger partial charge in [0.15, 0.2) is 11.0 Å². The number of hydrogen-bond acceptors (Lipinski definition) is 9. The van der Waals surface area contributed by atoms with Crippen LogP contribution in [0.1, 0.15) is 39.4 Å². The number of aromatic nitrogens is 4. The number of primary amides is 1. The van der Waals surface area contributed by atoms with Crippen LogP contribution in [0.4, 0.5) is 5.00 Å². The molecular formula is C30H28N6O4S2. The molecule has 0 bridgehead atoms. The summed E-state index contributed by atoms with van der Waals surface area (Å²) >= 11 is 2.15. The summed E-state index contributed by atoms with van der Waals surface area (Å²) < 4.78 is 7.16. The summed E-state index contributed by atoms with van der Waals surface area (Å²) in [5, 5.41) is 13.2. The molecular weight excluding hydrogens is 573 g/mol. The van der Waals surface area contributed by atoms with Crippen molar-refractivity contribution in [2.45, 2.75) is 32.0 Å². The lowest BCUT2D eigenvalue weighted by atomic mass is 10.0. The zero-order valence-electron chi connectivity index (χ0n) is 23.4. The van der Waals surface area contributed by atoms with Crippen LogP contribution in [-0.4, -0.2) is 49.4 Å². The second-order valence-corrected chi connectivity index (χ2v) is 11.7. The first-order chi connectivity index (χ1) is 20.1. The highest BCUT2D eigenvalue weighted by Gasteiger charge is 2.26. The highest BCUT2D eigenvalue weighted by atomic mass is 32.2. The fourth-order valence-electron chi connectivity index (χ4n) is 4.44. The van der Waals surface area contributed by atoms with E-state index in [1.165, 1.54) is 11.8 Å². The highest BCUT2D eigenvalue weighted by Crippen LogP contribution is 2.35. The van der Waals surface area contributed by atoms with Crippen LogP contribution < -0.4 is 11.1 Å². The second-order valence-electron chi connectivity index (χ2n) is 9.72. The van der Waals surface area contributed by atoms with Gasteiger partial charge in [0, 0.05) is 23.6 Å². The topological polar surface area (TPSA) is 142 Å². The molecule has 5 aromatic rings. The van der Waals surface area contributed by atoms with Crippen LogP contribution in [0.5, 0.6) is 0 Å². The monoisotopic (exact) mass is 600 g/mol. The zero-order valence-corrected chi connectivity index (χ0v) is 25.0. The summed E-state index contributed by atoms with van der Waals surface area (Å²) in [6.07, 6.45) is -0.376. The Bertz CT molecular complexity index is 1810. The molecule has 10 nitrogen and oxygen atoms in total. The minimum atomic E-state index is -0.684. The maximum Gasteiger partial charge on any atom is 0.341 e. The number of pyridine rings is 1. The number of carbonyl (C=O) groups excluding carboxylic acids is 3. The second kappa shape index (κ2) is 12.1. The number of fused-ring (bicyclic) bond motifs is 1. The van der Waals surface area contributed by atoms with Gasteiger partial charge in [0.2, 0.25) is 5.91 Å². The molecule has 0 fully saturated rings. The molecule has 0 unspecified atom stereocenters. The summed E-state index contributed by atoms with van der Waals surface area (Å²) in [5.41, 5.74) is 9.49. The average molecular weight is 601 g/mol. The van der Waals surface area contributed by atoms with E-state index in [1.54, 1.807) is 20.8 Å². The number of nitrogens with two attached hydrogens (primary N) is 1. The van der Waals surface area contributed by atoms with Gasteiger partial charge in [-0.1, -0.05) is 60.3 Å². The number of esters is 1. The highest BCUT2D eigenvalue weighted by molar-refractivity contribution is 7.99. The molecule has 0 saturated heterocycles. The predicted octanol–water partition coefficient (Wildman–Crippen LogP) is 5.46. The summed E-state index contributed by atoms with van der Waals surface area (Å²) in [4.78, 5) is 42.7. The number of amides is 2. The predicted molar refractivity (Wildman–Crippen MR) is 165 cm³/mol. The van der Waals surface area contributed by atoms with Crippen molar-refractivity contribution >= 4 is 56.8 Å². The van der Waals surface area contributed by atoms with Gasteiger partial charge in [-0.3, -0.25) is 9.59 Å². The SMILES string of the molecule is Cc1c(C(N)=O)sc(NC(=O)CSc2nnc(-c3cc(-c4ccccc4)nc4ccccc34)n2C)c1C(=O)OC(C)C. The Morgan fingerprint density at radius 2 is 1.79 bits per heavy atom. The van der Waals surface area contributed by atoms with Gasteiger partial charge in [-0.15, -0.1) is 21.5 Å². The minimum Gasteiger partial charge on any atom is -0.459 e. The quantitative estimate of drug-likeness (QED) is 0.168. The lowest BCUT2D eigenvalue weighted by Crippen LogP contribution is -2.18. The van der Waals surface area contributed by atoms with Crippen molar-refractivity contribution in [1.29, 1.82) is 0 Å². The van der Waals surface area contributed by atoms with E-state index in [9.17, 15) is 14.4 Å². The van der Waals surface area contributed by atoms with Crippen LogP contribution in [0.25, 0.3) is 33.5 Å². The van der Waals surface area contributed by atoms with Gasteiger partial charge in [-0.2, -0.15) is 0 Å².